The molecule has 2 saturated heterocycles. The van der Waals surface area contributed by atoms with Crippen molar-refractivity contribution in [2.75, 3.05) is 39.4 Å². The zero-order valence-corrected chi connectivity index (χ0v) is 10.8. The molecular formula is C13H24N2O2. The summed E-state index contributed by atoms with van der Waals surface area (Å²) in [6, 6.07) is 0. The molecule has 0 aliphatic carbocycles. The summed E-state index contributed by atoms with van der Waals surface area (Å²) in [7, 11) is 0. The monoisotopic (exact) mass is 240 g/mol. The molecular weight excluding hydrogens is 216 g/mol. The van der Waals surface area contributed by atoms with Gasteiger partial charge in [0.2, 0.25) is 5.91 Å². The van der Waals surface area contributed by atoms with Gasteiger partial charge in [0.1, 0.15) is 0 Å². The van der Waals surface area contributed by atoms with Crippen LogP contribution < -0.4 is 5.32 Å². The van der Waals surface area contributed by atoms with Gasteiger partial charge in [0, 0.05) is 31.5 Å². The second kappa shape index (κ2) is 6.36. The van der Waals surface area contributed by atoms with Gasteiger partial charge in [-0.2, -0.15) is 0 Å². The van der Waals surface area contributed by atoms with Gasteiger partial charge in [-0.25, -0.2) is 0 Å². The summed E-state index contributed by atoms with van der Waals surface area (Å²) in [6.07, 6.45) is 3.12. The fourth-order valence-electron chi connectivity index (χ4n) is 2.78. The van der Waals surface area contributed by atoms with Crippen molar-refractivity contribution in [1.82, 2.24) is 10.2 Å². The lowest BCUT2D eigenvalue weighted by atomic mass is 9.97. The first-order chi connectivity index (χ1) is 8.31. The van der Waals surface area contributed by atoms with E-state index < -0.39 is 0 Å². The van der Waals surface area contributed by atoms with Crippen LogP contribution in [0.3, 0.4) is 0 Å². The molecule has 0 unspecified atom stereocenters. The van der Waals surface area contributed by atoms with E-state index >= 15 is 0 Å². The normalized spacial score (nSPS) is 26.4. The summed E-state index contributed by atoms with van der Waals surface area (Å²) in [5.41, 5.74) is 0. The van der Waals surface area contributed by atoms with Crippen molar-refractivity contribution < 1.29 is 9.53 Å². The predicted octanol–water partition coefficient (Wildman–Crippen LogP) is 0.871. The molecule has 17 heavy (non-hydrogen) atoms. The van der Waals surface area contributed by atoms with Crippen molar-refractivity contribution in [1.29, 1.82) is 0 Å². The zero-order valence-electron chi connectivity index (χ0n) is 10.8. The third-order valence-electron chi connectivity index (χ3n) is 3.84. The van der Waals surface area contributed by atoms with Crippen LogP contribution in [0.2, 0.25) is 0 Å². The Morgan fingerprint density at radius 3 is 2.82 bits per heavy atom. The molecule has 2 aliphatic rings. The van der Waals surface area contributed by atoms with Gasteiger partial charge < -0.3 is 15.0 Å². The average Bonchev–Trinajstić information content (AvgIpc) is 2.85. The van der Waals surface area contributed by atoms with E-state index in [9.17, 15) is 4.79 Å². The van der Waals surface area contributed by atoms with E-state index in [0.29, 0.717) is 11.8 Å². The number of piperidine rings is 1. The highest BCUT2D eigenvalue weighted by Gasteiger charge is 2.31. The standard InChI is InChI=1S/C13H24N2O2/c1-2-17-10-11-5-8-15(9-11)13(16)12-3-6-14-7-4-12/h11-12,14H,2-10H2,1H3/t11-/m1/s1. The van der Waals surface area contributed by atoms with E-state index in [0.717, 1.165) is 58.7 Å². The molecule has 2 fully saturated rings. The maximum absolute atomic E-state index is 12.3. The first kappa shape index (κ1) is 12.8. The molecule has 0 aromatic carbocycles. The zero-order chi connectivity index (χ0) is 12.1. The molecule has 1 amide bonds. The van der Waals surface area contributed by atoms with Crippen molar-refractivity contribution in [2.45, 2.75) is 26.2 Å². The van der Waals surface area contributed by atoms with Crippen LogP contribution in [0.15, 0.2) is 0 Å². The SMILES string of the molecule is CCOC[C@@H]1CCN(C(=O)C2CCNCC2)C1. The molecule has 2 aliphatic heterocycles. The highest BCUT2D eigenvalue weighted by atomic mass is 16.5. The van der Waals surface area contributed by atoms with Gasteiger partial charge in [0.25, 0.3) is 0 Å². The number of carbonyl (C=O) groups is 1. The first-order valence-corrected chi connectivity index (χ1v) is 6.88. The van der Waals surface area contributed by atoms with Crippen molar-refractivity contribution in [2.24, 2.45) is 11.8 Å². The Morgan fingerprint density at radius 2 is 2.12 bits per heavy atom. The van der Waals surface area contributed by atoms with Crippen LogP contribution in [0, 0.1) is 11.8 Å². The molecule has 0 aromatic heterocycles. The summed E-state index contributed by atoms with van der Waals surface area (Å²) in [4.78, 5) is 14.3. The molecule has 1 atom stereocenters. The largest absolute Gasteiger partial charge is 0.381 e. The molecule has 0 spiro atoms. The molecule has 98 valence electrons. The molecule has 0 radical (unpaired) electrons. The lowest BCUT2D eigenvalue weighted by Crippen LogP contribution is -2.40. The molecule has 1 N–H and O–H groups in total. The van der Waals surface area contributed by atoms with Crippen LogP contribution in [0.5, 0.6) is 0 Å². The second-order valence-electron chi connectivity index (χ2n) is 5.12. The Balaban J connectivity index is 1.76. The average molecular weight is 240 g/mol. The third kappa shape index (κ3) is 3.42. The molecule has 2 heterocycles. The Hall–Kier alpha value is -0.610. The summed E-state index contributed by atoms with van der Waals surface area (Å²) >= 11 is 0. The fourth-order valence-corrected chi connectivity index (χ4v) is 2.78. The number of carbonyl (C=O) groups excluding carboxylic acids is 1. The second-order valence-corrected chi connectivity index (χ2v) is 5.12. The first-order valence-electron chi connectivity index (χ1n) is 6.88. The number of rotatable bonds is 4. The number of ether oxygens (including phenoxy) is 1. The molecule has 4 nitrogen and oxygen atoms in total. The summed E-state index contributed by atoms with van der Waals surface area (Å²) in [5.74, 6) is 1.20. The van der Waals surface area contributed by atoms with Gasteiger partial charge in [-0.15, -0.1) is 0 Å². The van der Waals surface area contributed by atoms with Crippen LogP contribution >= 0.6 is 0 Å². The minimum atomic E-state index is 0.266. The molecule has 0 bridgehead atoms. The number of hydrogen-bond acceptors (Lipinski definition) is 3. The topological polar surface area (TPSA) is 41.6 Å². The van der Waals surface area contributed by atoms with Gasteiger partial charge in [-0.3, -0.25) is 4.79 Å². The van der Waals surface area contributed by atoms with E-state index in [1.165, 1.54) is 0 Å². The van der Waals surface area contributed by atoms with Gasteiger partial charge in [-0.05, 0) is 39.3 Å². The van der Waals surface area contributed by atoms with Crippen LogP contribution in [-0.2, 0) is 9.53 Å². The maximum atomic E-state index is 12.3. The number of hydrogen-bond donors (Lipinski definition) is 1. The van der Waals surface area contributed by atoms with Gasteiger partial charge in [0.05, 0.1) is 6.61 Å². The van der Waals surface area contributed by atoms with Gasteiger partial charge >= 0.3 is 0 Å². The summed E-state index contributed by atoms with van der Waals surface area (Å²) in [5, 5.41) is 3.31. The predicted molar refractivity (Wildman–Crippen MR) is 66.8 cm³/mol. The Labute approximate surface area is 104 Å². The number of nitrogens with one attached hydrogen (secondary N) is 1. The Kier molecular flexibility index (Phi) is 4.80. The lowest BCUT2D eigenvalue weighted by Gasteiger charge is -2.26. The number of nitrogens with zero attached hydrogens (tertiary/aromatic N) is 1. The summed E-state index contributed by atoms with van der Waals surface area (Å²) in [6.45, 7) is 7.43. The fraction of sp³-hybridized carbons (Fsp3) is 0.923. The highest BCUT2D eigenvalue weighted by Crippen LogP contribution is 2.22. The van der Waals surface area contributed by atoms with Crippen molar-refractivity contribution in [3.8, 4) is 0 Å². The maximum Gasteiger partial charge on any atom is 0.225 e. The molecule has 4 heteroatoms. The van der Waals surface area contributed by atoms with Crippen molar-refractivity contribution in [3.05, 3.63) is 0 Å². The van der Waals surface area contributed by atoms with E-state index in [1.807, 2.05) is 6.92 Å². The van der Waals surface area contributed by atoms with Crippen LogP contribution in [-0.4, -0.2) is 50.2 Å². The van der Waals surface area contributed by atoms with E-state index in [-0.39, 0.29) is 5.92 Å². The quantitative estimate of drug-likeness (QED) is 0.793. The highest BCUT2D eigenvalue weighted by molar-refractivity contribution is 5.79. The number of likely N-dealkylation sites (tertiary alicyclic amines) is 1. The molecule has 0 saturated carbocycles. The smallest absolute Gasteiger partial charge is 0.225 e. The van der Waals surface area contributed by atoms with E-state index in [2.05, 4.69) is 10.2 Å². The van der Waals surface area contributed by atoms with Crippen molar-refractivity contribution in [3.63, 3.8) is 0 Å². The summed E-state index contributed by atoms with van der Waals surface area (Å²) < 4.78 is 5.44. The Bertz CT molecular complexity index is 252. The minimum Gasteiger partial charge on any atom is -0.381 e. The lowest BCUT2D eigenvalue weighted by molar-refractivity contribution is -0.135. The minimum absolute atomic E-state index is 0.266. The van der Waals surface area contributed by atoms with Crippen LogP contribution in [0.1, 0.15) is 26.2 Å². The van der Waals surface area contributed by atoms with Crippen molar-refractivity contribution >= 4 is 5.91 Å². The van der Waals surface area contributed by atoms with E-state index in [4.69, 9.17) is 4.74 Å². The number of amides is 1. The van der Waals surface area contributed by atoms with E-state index in [1.54, 1.807) is 0 Å². The van der Waals surface area contributed by atoms with Crippen LogP contribution in [0.4, 0.5) is 0 Å². The Morgan fingerprint density at radius 1 is 1.35 bits per heavy atom. The molecule has 2 rings (SSSR count). The van der Waals surface area contributed by atoms with Crippen LogP contribution in [0.25, 0.3) is 0 Å². The molecule has 0 aromatic rings. The van der Waals surface area contributed by atoms with Gasteiger partial charge in [-0.1, -0.05) is 0 Å². The third-order valence-corrected chi connectivity index (χ3v) is 3.84. The van der Waals surface area contributed by atoms with Gasteiger partial charge in [0.15, 0.2) is 0 Å².